The number of piperidine rings is 1. The number of rotatable bonds is 2. The third-order valence-electron chi connectivity index (χ3n) is 3.58. The van der Waals surface area contributed by atoms with Gasteiger partial charge in [-0.25, -0.2) is 4.39 Å². The Labute approximate surface area is 117 Å². The maximum absolute atomic E-state index is 13.0. The van der Waals surface area contributed by atoms with E-state index in [0.29, 0.717) is 12.1 Å². The lowest BCUT2D eigenvalue weighted by atomic mass is 9.96. The van der Waals surface area contributed by atoms with Crippen LogP contribution in [0.3, 0.4) is 0 Å². The summed E-state index contributed by atoms with van der Waals surface area (Å²) in [7, 11) is 0. The van der Waals surface area contributed by atoms with Crippen LogP contribution in [0.15, 0.2) is 18.2 Å². The average Bonchev–Trinajstić information content (AvgIpc) is 2.38. The van der Waals surface area contributed by atoms with Gasteiger partial charge >= 0.3 is 0 Å². The van der Waals surface area contributed by atoms with Crippen molar-refractivity contribution in [2.75, 3.05) is 6.54 Å². The minimum Gasteiger partial charge on any atom is -0.334 e. The second-order valence-electron chi connectivity index (χ2n) is 5.04. The zero-order valence-electron chi connectivity index (χ0n) is 10.9. The van der Waals surface area contributed by atoms with Crippen molar-refractivity contribution in [1.29, 1.82) is 0 Å². The average molecular weight is 285 g/mol. The molecule has 0 radical (unpaired) electrons. The fraction of sp³-hybridized carbons (Fsp3) is 0.500. The molecule has 0 aromatic heterocycles. The molecule has 1 aromatic carbocycles. The summed E-state index contributed by atoms with van der Waals surface area (Å²) < 4.78 is 13.0. The van der Waals surface area contributed by atoms with Crippen LogP contribution in [0.4, 0.5) is 4.39 Å². The summed E-state index contributed by atoms with van der Waals surface area (Å²) in [6.45, 7) is 2.58. The summed E-state index contributed by atoms with van der Waals surface area (Å²) in [5, 5.41) is 0.152. The predicted octanol–water partition coefficient (Wildman–Crippen LogP) is 2.82. The van der Waals surface area contributed by atoms with Gasteiger partial charge in [0.1, 0.15) is 5.82 Å². The minimum absolute atomic E-state index is 0.0300. The predicted molar refractivity (Wildman–Crippen MR) is 73.7 cm³/mol. The van der Waals surface area contributed by atoms with Crippen molar-refractivity contribution in [3.63, 3.8) is 0 Å². The lowest BCUT2D eigenvalue weighted by Crippen LogP contribution is -2.51. The number of amides is 1. The first-order valence-electron chi connectivity index (χ1n) is 6.52. The Bertz CT molecular complexity index is 479. The first-order valence-corrected chi connectivity index (χ1v) is 6.90. The van der Waals surface area contributed by atoms with Gasteiger partial charge in [-0.15, -0.1) is 0 Å². The second kappa shape index (κ2) is 5.88. The van der Waals surface area contributed by atoms with Gasteiger partial charge in [0, 0.05) is 18.6 Å². The topological polar surface area (TPSA) is 46.3 Å². The highest BCUT2D eigenvalue weighted by molar-refractivity contribution is 6.33. The molecule has 1 saturated heterocycles. The summed E-state index contributed by atoms with van der Waals surface area (Å²) in [5.74, 6) is -0.601. The zero-order valence-corrected chi connectivity index (χ0v) is 11.7. The van der Waals surface area contributed by atoms with E-state index in [-0.39, 0.29) is 23.0 Å². The molecular formula is C14H18ClFN2O. The van der Waals surface area contributed by atoms with Crippen LogP contribution in [0, 0.1) is 5.82 Å². The molecule has 0 spiro atoms. The van der Waals surface area contributed by atoms with E-state index in [4.69, 9.17) is 17.3 Å². The normalized spacial score (nSPS) is 21.3. The highest BCUT2D eigenvalue weighted by Crippen LogP contribution is 2.25. The number of hydrogen-bond acceptors (Lipinski definition) is 2. The van der Waals surface area contributed by atoms with Gasteiger partial charge in [-0.05, 0) is 44.4 Å². The van der Waals surface area contributed by atoms with E-state index < -0.39 is 5.82 Å². The Morgan fingerprint density at radius 3 is 2.89 bits per heavy atom. The molecule has 1 aliphatic rings. The summed E-state index contributed by atoms with van der Waals surface area (Å²) in [5.41, 5.74) is 6.29. The molecule has 104 valence electrons. The smallest absolute Gasteiger partial charge is 0.255 e. The molecule has 1 fully saturated rings. The molecule has 1 amide bonds. The fourth-order valence-corrected chi connectivity index (χ4v) is 2.82. The van der Waals surface area contributed by atoms with E-state index >= 15 is 0 Å². The molecule has 2 N–H and O–H groups in total. The lowest BCUT2D eigenvalue weighted by molar-refractivity contribution is 0.0584. The van der Waals surface area contributed by atoms with Crippen LogP contribution in [0.25, 0.3) is 0 Å². The van der Waals surface area contributed by atoms with Crippen molar-refractivity contribution in [2.45, 2.75) is 38.3 Å². The Morgan fingerprint density at radius 2 is 2.26 bits per heavy atom. The number of benzene rings is 1. The van der Waals surface area contributed by atoms with E-state index in [1.165, 1.54) is 18.2 Å². The molecule has 2 atom stereocenters. The van der Waals surface area contributed by atoms with Crippen LogP contribution in [0.5, 0.6) is 0 Å². The molecule has 1 aliphatic heterocycles. The SMILES string of the molecule is C[C@@H](N)[C@@H]1CCCCN1C(=O)c1ccc(F)cc1Cl. The summed E-state index contributed by atoms with van der Waals surface area (Å²) in [4.78, 5) is 14.3. The number of halogens is 2. The van der Waals surface area contributed by atoms with Crippen LogP contribution < -0.4 is 5.73 Å². The van der Waals surface area contributed by atoms with Gasteiger partial charge in [0.05, 0.1) is 10.6 Å². The Morgan fingerprint density at radius 1 is 1.53 bits per heavy atom. The first kappa shape index (κ1) is 14.3. The summed E-state index contributed by atoms with van der Waals surface area (Å²) in [6.07, 6.45) is 2.95. The van der Waals surface area contributed by atoms with E-state index in [1.807, 2.05) is 6.92 Å². The van der Waals surface area contributed by atoms with Gasteiger partial charge in [0.15, 0.2) is 0 Å². The van der Waals surface area contributed by atoms with Crippen molar-refractivity contribution in [3.8, 4) is 0 Å². The van der Waals surface area contributed by atoms with Crippen LogP contribution in [-0.4, -0.2) is 29.4 Å². The third-order valence-corrected chi connectivity index (χ3v) is 3.89. The van der Waals surface area contributed by atoms with E-state index in [9.17, 15) is 9.18 Å². The van der Waals surface area contributed by atoms with Crippen LogP contribution in [-0.2, 0) is 0 Å². The fourth-order valence-electron chi connectivity index (χ4n) is 2.57. The summed E-state index contributed by atoms with van der Waals surface area (Å²) in [6, 6.07) is 3.81. The monoisotopic (exact) mass is 284 g/mol. The summed E-state index contributed by atoms with van der Waals surface area (Å²) >= 11 is 5.95. The molecule has 1 heterocycles. The molecule has 0 bridgehead atoms. The van der Waals surface area contributed by atoms with Crippen molar-refractivity contribution in [2.24, 2.45) is 5.73 Å². The van der Waals surface area contributed by atoms with E-state index in [1.54, 1.807) is 4.90 Å². The van der Waals surface area contributed by atoms with Crippen LogP contribution in [0.2, 0.25) is 5.02 Å². The van der Waals surface area contributed by atoms with Gasteiger partial charge in [-0.2, -0.15) is 0 Å². The number of nitrogens with zero attached hydrogens (tertiary/aromatic N) is 1. The molecule has 3 nitrogen and oxygen atoms in total. The second-order valence-corrected chi connectivity index (χ2v) is 5.45. The number of likely N-dealkylation sites (tertiary alicyclic amines) is 1. The molecular weight excluding hydrogens is 267 g/mol. The highest BCUT2D eigenvalue weighted by atomic mass is 35.5. The third kappa shape index (κ3) is 3.07. The maximum atomic E-state index is 13.0. The van der Waals surface area contributed by atoms with Gasteiger partial charge in [0.2, 0.25) is 0 Å². The molecule has 5 heteroatoms. The Hall–Kier alpha value is -1.13. The number of carbonyl (C=O) groups is 1. The number of nitrogens with two attached hydrogens (primary N) is 1. The van der Waals surface area contributed by atoms with Crippen molar-refractivity contribution in [1.82, 2.24) is 4.90 Å². The van der Waals surface area contributed by atoms with Crippen LogP contribution >= 0.6 is 11.6 Å². The number of hydrogen-bond donors (Lipinski definition) is 1. The van der Waals surface area contributed by atoms with Gasteiger partial charge in [-0.3, -0.25) is 4.79 Å². The minimum atomic E-state index is -0.441. The maximum Gasteiger partial charge on any atom is 0.255 e. The largest absolute Gasteiger partial charge is 0.334 e. The zero-order chi connectivity index (χ0) is 14.0. The van der Waals surface area contributed by atoms with E-state index in [0.717, 1.165) is 19.3 Å². The molecule has 2 rings (SSSR count). The van der Waals surface area contributed by atoms with Crippen molar-refractivity contribution >= 4 is 17.5 Å². The van der Waals surface area contributed by atoms with Crippen LogP contribution in [0.1, 0.15) is 36.5 Å². The molecule has 0 saturated carbocycles. The molecule has 1 aromatic rings. The molecule has 0 unspecified atom stereocenters. The van der Waals surface area contributed by atoms with Gasteiger partial charge in [0.25, 0.3) is 5.91 Å². The van der Waals surface area contributed by atoms with E-state index in [2.05, 4.69) is 0 Å². The van der Waals surface area contributed by atoms with Gasteiger partial charge in [-0.1, -0.05) is 11.6 Å². The lowest BCUT2D eigenvalue weighted by Gasteiger charge is -2.38. The molecule has 19 heavy (non-hydrogen) atoms. The van der Waals surface area contributed by atoms with Crippen molar-refractivity contribution < 1.29 is 9.18 Å². The highest BCUT2D eigenvalue weighted by Gasteiger charge is 2.30. The quantitative estimate of drug-likeness (QED) is 0.908. The number of carbonyl (C=O) groups excluding carboxylic acids is 1. The first-order chi connectivity index (χ1) is 9.00. The standard InChI is InChI=1S/C14H18ClFN2O/c1-9(17)13-4-2-3-7-18(13)14(19)11-6-5-10(16)8-12(11)15/h5-6,8-9,13H,2-4,7,17H2,1H3/t9-,13+/m1/s1. The molecule has 0 aliphatic carbocycles. The van der Waals surface area contributed by atoms with Crippen molar-refractivity contribution in [3.05, 3.63) is 34.6 Å². The van der Waals surface area contributed by atoms with Gasteiger partial charge < -0.3 is 10.6 Å². The Kier molecular flexibility index (Phi) is 4.42. The Balaban J connectivity index is 2.26.